The first-order chi connectivity index (χ1) is 16.9. The summed E-state index contributed by atoms with van der Waals surface area (Å²) < 4.78 is 24.5. The van der Waals surface area contributed by atoms with Crippen LogP contribution in [0.15, 0.2) is 60.7 Å². The second-order valence-electron chi connectivity index (χ2n) is 7.98. The van der Waals surface area contributed by atoms with E-state index in [0.29, 0.717) is 28.0 Å². The van der Waals surface area contributed by atoms with Crippen LogP contribution in [0.3, 0.4) is 0 Å². The quantitative estimate of drug-likeness (QED) is 0.348. The minimum atomic E-state index is -0.576. The first-order valence-corrected chi connectivity index (χ1v) is 12.5. The number of rotatable bonds is 6. The smallest absolute Gasteiger partial charge is 0.333 e. The number of hydrogen-bond acceptors (Lipinski definition) is 5. The first-order valence-electron chi connectivity index (χ1n) is 10.7. The van der Waals surface area contributed by atoms with Crippen LogP contribution in [-0.4, -0.2) is 35.7 Å². The van der Waals surface area contributed by atoms with Gasteiger partial charge in [-0.05, 0) is 60.2 Å². The largest absolute Gasteiger partial charge is 0.496 e. The minimum Gasteiger partial charge on any atom is -0.496 e. The molecule has 0 radical (unpaired) electrons. The highest BCUT2D eigenvalue weighted by Crippen LogP contribution is 2.47. The zero-order valence-corrected chi connectivity index (χ0v) is 20.7. The zero-order valence-electron chi connectivity index (χ0n) is 18.4. The second kappa shape index (κ2) is 9.60. The van der Waals surface area contributed by atoms with Crippen LogP contribution in [0.25, 0.3) is 0 Å². The highest BCUT2D eigenvalue weighted by atomic mass is 35.5. The lowest BCUT2D eigenvalue weighted by molar-refractivity contribution is -0.119. The van der Waals surface area contributed by atoms with Gasteiger partial charge in [0.1, 0.15) is 35.3 Å². The standard InChI is InChI=1S/C25H19Cl2FN2O4S/c1-33-22-9-2-14(10-15(22)12-34-18-6-3-16(28)4-7-18)24-30-21(13-35-24)23(31)29(25(30)32)17-5-8-19(26)20(27)11-17/h2-11,21,24H,12-13H2,1H3/t21-,24-/m0/s1. The lowest BCUT2D eigenvalue weighted by Crippen LogP contribution is -2.33. The molecule has 2 atom stereocenters. The van der Waals surface area contributed by atoms with Crippen LogP contribution in [0.4, 0.5) is 14.9 Å². The first kappa shape index (κ1) is 23.8. The van der Waals surface area contributed by atoms with Gasteiger partial charge in [-0.3, -0.25) is 9.69 Å². The molecule has 2 aliphatic heterocycles. The van der Waals surface area contributed by atoms with Gasteiger partial charge in [0.2, 0.25) is 0 Å². The third-order valence-corrected chi connectivity index (χ3v) is 7.94. The molecular weight excluding hydrogens is 514 g/mol. The van der Waals surface area contributed by atoms with Crippen molar-refractivity contribution in [3.8, 4) is 11.5 Å². The van der Waals surface area contributed by atoms with E-state index in [-0.39, 0.29) is 28.7 Å². The Morgan fingerprint density at radius 3 is 2.51 bits per heavy atom. The summed E-state index contributed by atoms with van der Waals surface area (Å²) in [5.41, 5.74) is 1.99. The maximum absolute atomic E-state index is 13.4. The zero-order chi connectivity index (χ0) is 24.7. The Balaban J connectivity index is 1.40. The van der Waals surface area contributed by atoms with Gasteiger partial charge in [0.05, 0.1) is 22.8 Å². The molecule has 0 spiro atoms. The van der Waals surface area contributed by atoms with E-state index in [9.17, 15) is 14.0 Å². The number of carbonyl (C=O) groups excluding carboxylic acids is 2. The van der Waals surface area contributed by atoms with E-state index in [1.165, 1.54) is 30.0 Å². The van der Waals surface area contributed by atoms with Crippen molar-refractivity contribution < 1.29 is 23.5 Å². The van der Waals surface area contributed by atoms with Crippen molar-refractivity contribution in [2.24, 2.45) is 0 Å². The molecule has 2 aliphatic rings. The molecule has 3 aromatic rings. The van der Waals surface area contributed by atoms with Gasteiger partial charge in [-0.25, -0.2) is 14.1 Å². The van der Waals surface area contributed by atoms with E-state index in [1.807, 2.05) is 18.2 Å². The number of anilines is 1. The molecular formula is C25H19Cl2FN2O4S. The van der Waals surface area contributed by atoms with Crippen molar-refractivity contribution in [3.63, 3.8) is 0 Å². The molecule has 0 unspecified atom stereocenters. The van der Waals surface area contributed by atoms with Crippen LogP contribution in [0, 0.1) is 5.82 Å². The SMILES string of the molecule is COc1ccc([C@@H]2SC[C@H]3C(=O)N(c4ccc(Cl)c(Cl)c4)C(=O)N32)cc1COc1ccc(F)cc1. The number of thioether (sulfide) groups is 1. The topological polar surface area (TPSA) is 59.1 Å². The van der Waals surface area contributed by atoms with Crippen LogP contribution >= 0.6 is 35.0 Å². The summed E-state index contributed by atoms with van der Waals surface area (Å²) in [6.07, 6.45) is 0. The summed E-state index contributed by atoms with van der Waals surface area (Å²) in [7, 11) is 1.56. The summed E-state index contributed by atoms with van der Waals surface area (Å²) in [6.45, 7) is 0.186. The number of imide groups is 1. The molecule has 2 saturated heterocycles. The number of urea groups is 1. The van der Waals surface area contributed by atoms with Gasteiger partial charge >= 0.3 is 6.03 Å². The van der Waals surface area contributed by atoms with Crippen molar-refractivity contribution >= 4 is 52.6 Å². The molecule has 35 heavy (non-hydrogen) atoms. The summed E-state index contributed by atoms with van der Waals surface area (Å²) in [6, 6.07) is 15.0. The number of nitrogens with zero attached hydrogens (tertiary/aromatic N) is 2. The normalized spacial score (nSPS) is 19.3. The Morgan fingerprint density at radius 1 is 1.03 bits per heavy atom. The van der Waals surface area contributed by atoms with E-state index >= 15 is 0 Å². The fraction of sp³-hybridized carbons (Fsp3) is 0.200. The van der Waals surface area contributed by atoms with Crippen LogP contribution in [0.5, 0.6) is 11.5 Å². The highest BCUT2D eigenvalue weighted by molar-refractivity contribution is 7.99. The molecule has 10 heteroatoms. The van der Waals surface area contributed by atoms with Crippen molar-refractivity contribution in [1.82, 2.24) is 4.90 Å². The Labute approximate surface area is 215 Å². The lowest BCUT2D eigenvalue weighted by Gasteiger charge is -2.24. The number of ether oxygens (including phenoxy) is 2. The molecule has 5 rings (SSSR count). The lowest BCUT2D eigenvalue weighted by atomic mass is 10.1. The van der Waals surface area contributed by atoms with Gasteiger partial charge in [0.15, 0.2) is 0 Å². The minimum absolute atomic E-state index is 0.186. The number of hydrogen-bond donors (Lipinski definition) is 0. The maximum atomic E-state index is 13.4. The summed E-state index contributed by atoms with van der Waals surface area (Å²) in [4.78, 5) is 29.3. The Kier molecular flexibility index (Phi) is 6.53. The van der Waals surface area contributed by atoms with Crippen molar-refractivity contribution in [2.75, 3.05) is 17.8 Å². The van der Waals surface area contributed by atoms with E-state index in [0.717, 1.165) is 16.0 Å². The van der Waals surface area contributed by atoms with E-state index in [4.69, 9.17) is 32.7 Å². The van der Waals surface area contributed by atoms with Crippen molar-refractivity contribution in [3.05, 3.63) is 87.7 Å². The summed E-state index contributed by atoms with van der Waals surface area (Å²) >= 11 is 13.6. The molecule has 180 valence electrons. The number of halogens is 3. The summed E-state index contributed by atoms with van der Waals surface area (Å²) in [5.74, 6) is 0.977. The molecule has 3 amide bonds. The Morgan fingerprint density at radius 2 is 1.80 bits per heavy atom. The average Bonchev–Trinajstić information content (AvgIpc) is 3.40. The van der Waals surface area contributed by atoms with E-state index < -0.39 is 12.1 Å². The number of fused-ring (bicyclic) bond motifs is 1. The van der Waals surface area contributed by atoms with Gasteiger partial charge in [0.25, 0.3) is 5.91 Å². The van der Waals surface area contributed by atoms with Crippen LogP contribution in [0.2, 0.25) is 10.0 Å². The molecule has 0 aromatic heterocycles. The number of carbonyl (C=O) groups is 2. The van der Waals surface area contributed by atoms with E-state index in [2.05, 4.69) is 0 Å². The molecule has 2 heterocycles. The number of benzene rings is 3. The third-order valence-electron chi connectivity index (χ3n) is 5.88. The van der Waals surface area contributed by atoms with Gasteiger partial charge in [-0.2, -0.15) is 0 Å². The predicted molar refractivity (Wildman–Crippen MR) is 134 cm³/mol. The van der Waals surface area contributed by atoms with Gasteiger partial charge in [-0.15, -0.1) is 11.8 Å². The van der Waals surface area contributed by atoms with E-state index in [1.54, 1.807) is 36.3 Å². The Bertz CT molecular complexity index is 1310. The predicted octanol–water partition coefficient (Wildman–Crippen LogP) is 6.30. The molecule has 0 saturated carbocycles. The van der Waals surface area contributed by atoms with Crippen LogP contribution < -0.4 is 14.4 Å². The summed E-state index contributed by atoms with van der Waals surface area (Å²) in [5, 5.41) is 0.250. The molecule has 0 aliphatic carbocycles. The molecule has 0 N–H and O–H groups in total. The third kappa shape index (κ3) is 4.42. The average molecular weight is 533 g/mol. The van der Waals surface area contributed by atoms with Crippen molar-refractivity contribution in [2.45, 2.75) is 18.0 Å². The molecule has 3 aromatic carbocycles. The molecule has 2 fully saturated rings. The van der Waals surface area contributed by atoms with Gasteiger partial charge in [-0.1, -0.05) is 29.3 Å². The van der Waals surface area contributed by atoms with Gasteiger partial charge in [0, 0.05) is 11.3 Å². The van der Waals surface area contributed by atoms with Crippen LogP contribution in [-0.2, 0) is 11.4 Å². The highest BCUT2D eigenvalue weighted by Gasteiger charge is 2.53. The fourth-order valence-electron chi connectivity index (χ4n) is 4.16. The maximum Gasteiger partial charge on any atom is 0.333 e. The van der Waals surface area contributed by atoms with Crippen LogP contribution in [0.1, 0.15) is 16.5 Å². The molecule has 6 nitrogen and oxygen atoms in total. The fourth-order valence-corrected chi connectivity index (χ4v) is 5.86. The van der Waals surface area contributed by atoms with Gasteiger partial charge < -0.3 is 9.47 Å². The number of amides is 3. The second-order valence-corrected chi connectivity index (χ2v) is 9.90. The monoisotopic (exact) mass is 532 g/mol. The van der Waals surface area contributed by atoms with Crippen molar-refractivity contribution in [1.29, 1.82) is 0 Å². The molecule has 0 bridgehead atoms. The Hall–Kier alpha value is -2.94. The number of methoxy groups -OCH3 is 1.